The summed E-state index contributed by atoms with van der Waals surface area (Å²) in [5, 5.41) is 1.08. The van der Waals surface area contributed by atoms with Crippen molar-refractivity contribution in [3.05, 3.63) is 138 Å². The fraction of sp³-hybridized carbons (Fsp3) is 0.270. The molecule has 0 fully saturated rings. The van der Waals surface area contributed by atoms with Crippen LogP contribution in [0.3, 0.4) is 0 Å². The van der Waals surface area contributed by atoms with Gasteiger partial charge in [0.15, 0.2) is 4.80 Å². The maximum Gasteiger partial charge on any atom is 0.338 e. The van der Waals surface area contributed by atoms with Crippen molar-refractivity contribution in [1.82, 2.24) is 9.13 Å². The molecule has 0 bridgehead atoms. The largest absolute Gasteiger partial charge is 0.463 e. The SMILES string of the molecule is CCCC1=C(C(=O)OCC)[C@@H](c2ccc(C(C)C)cc2)n2c(s/c(=C\c3cn(Cc4ccccc4)c4ccccc34)c2=O)=N1. The number of hydrogen-bond acceptors (Lipinski definition) is 5. The van der Waals surface area contributed by atoms with Gasteiger partial charge in [0.2, 0.25) is 0 Å². The Bertz CT molecular complexity index is 2030. The minimum absolute atomic E-state index is 0.163. The quantitative estimate of drug-likeness (QED) is 0.176. The monoisotopic (exact) mass is 603 g/mol. The summed E-state index contributed by atoms with van der Waals surface area (Å²) in [7, 11) is 0. The van der Waals surface area contributed by atoms with Crippen LogP contribution in [0.2, 0.25) is 0 Å². The number of ether oxygens (including phenoxy) is 1. The van der Waals surface area contributed by atoms with E-state index in [1.807, 2.05) is 48.5 Å². The molecule has 2 aromatic heterocycles. The van der Waals surface area contributed by atoms with Gasteiger partial charge in [0.25, 0.3) is 5.56 Å². The van der Waals surface area contributed by atoms with Crippen molar-refractivity contribution in [2.45, 2.75) is 59.0 Å². The van der Waals surface area contributed by atoms with E-state index in [0.717, 1.165) is 35.0 Å². The first-order valence-electron chi connectivity index (χ1n) is 15.3. The molecule has 0 N–H and O–H groups in total. The summed E-state index contributed by atoms with van der Waals surface area (Å²) in [6, 6.07) is 26.2. The zero-order chi connectivity index (χ0) is 30.8. The number of benzene rings is 3. The highest BCUT2D eigenvalue weighted by Gasteiger charge is 2.34. The van der Waals surface area contributed by atoms with Gasteiger partial charge >= 0.3 is 5.97 Å². The van der Waals surface area contributed by atoms with E-state index < -0.39 is 12.0 Å². The average Bonchev–Trinajstić information content (AvgIpc) is 3.53. The summed E-state index contributed by atoms with van der Waals surface area (Å²) in [4.78, 5) is 33.3. The third kappa shape index (κ3) is 5.60. The zero-order valence-electron chi connectivity index (χ0n) is 25.6. The Morgan fingerprint density at radius 2 is 1.73 bits per heavy atom. The molecular formula is C37H37N3O3S. The molecule has 44 heavy (non-hydrogen) atoms. The third-order valence-electron chi connectivity index (χ3n) is 8.11. The van der Waals surface area contributed by atoms with Crippen molar-refractivity contribution in [2.24, 2.45) is 4.99 Å². The zero-order valence-corrected chi connectivity index (χ0v) is 26.4. The van der Waals surface area contributed by atoms with Crippen molar-refractivity contribution in [3.63, 3.8) is 0 Å². The number of carbonyl (C=O) groups excluding carboxylic acids is 1. The van der Waals surface area contributed by atoms with Crippen molar-refractivity contribution in [2.75, 3.05) is 6.61 Å². The van der Waals surface area contributed by atoms with Gasteiger partial charge in [-0.2, -0.15) is 0 Å². The molecule has 0 unspecified atom stereocenters. The van der Waals surface area contributed by atoms with Crippen LogP contribution < -0.4 is 14.9 Å². The van der Waals surface area contributed by atoms with E-state index in [2.05, 4.69) is 67.9 Å². The molecule has 224 valence electrons. The number of thiazole rings is 1. The molecule has 3 heterocycles. The number of nitrogens with zero attached hydrogens (tertiary/aromatic N) is 3. The summed E-state index contributed by atoms with van der Waals surface area (Å²) in [5.74, 6) is -0.0540. The molecule has 6 nitrogen and oxygen atoms in total. The number of rotatable bonds is 9. The topological polar surface area (TPSA) is 65.6 Å². The lowest BCUT2D eigenvalue weighted by atomic mass is 9.92. The summed E-state index contributed by atoms with van der Waals surface area (Å²) < 4.78 is 10.0. The normalized spacial score (nSPS) is 15.1. The van der Waals surface area contributed by atoms with Gasteiger partial charge in [-0.25, -0.2) is 9.79 Å². The summed E-state index contributed by atoms with van der Waals surface area (Å²) in [5.41, 5.74) is 6.32. The molecule has 3 aromatic carbocycles. The van der Waals surface area contributed by atoms with Crippen LogP contribution in [0.15, 0.2) is 106 Å². The third-order valence-corrected chi connectivity index (χ3v) is 9.10. The van der Waals surface area contributed by atoms with E-state index in [1.165, 1.54) is 22.5 Å². The Morgan fingerprint density at radius 1 is 1.00 bits per heavy atom. The molecule has 0 saturated heterocycles. The summed E-state index contributed by atoms with van der Waals surface area (Å²) in [6.07, 6.45) is 5.52. The highest BCUT2D eigenvalue weighted by Crippen LogP contribution is 2.33. The van der Waals surface area contributed by atoms with E-state index in [-0.39, 0.29) is 12.2 Å². The van der Waals surface area contributed by atoms with Crippen molar-refractivity contribution >= 4 is 34.3 Å². The first kappa shape index (κ1) is 29.6. The van der Waals surface area contributed by atoms with Crippen LogP contribution in [0, 0.1) is 0 Å². The van der Waals surface area contributed by atoms with Crippen LogP contribution in [-0.2, 0) is 16.1 Å². The molecule has 5 aromatic rings. The van der Waals surface area contributed by atoms with Crippen LogP contribution in [0.4, 0.5) is 0 Å². The number of allylic oxidation sites excluding steroid dienone is 1. The number of carbonyl (C=O) groups is 1. The predicted molar refractivity (Wildman–Crippen MR) is 178 cm³/mol. The highest BCUT2D eigenvalue weighted by molar-refractivity contribution is 7.07. The fourth-order valence-electron chi connectivity index (χ4n) is 5.94. The maximum absolute atomic E-state index is 14.3. The van der Waals surface area contributed by atoms with Crippen LogP contribution in [-0.4, -0.2) is 21.7 Å². The number of fused-ring (bicyclic) bond motifs is 2. The molecule has 1 aliphatic rings. The second-order valence-electron chi connectivity index (χ2n) is 11.5. The standard InChI is InChI=1S/C37H37N3O3S/c1-5-12-30-33(36(42)43-6-2)34(27-19-17-26(18-20-27)24(3)4)40-35(41)32(44-37(40)38-30)21-28-23-39(22-25-13-8-7-9-14-25)31-16-11-10-15-29(28)31/h7-11,13-21,23-24,34H,5-6,12,22H2,1-4H3/b32-21-/t34-/m1/s1. The van der Waals surface area contributed by atoms with Gasteiger partial charge in [-0.05, 0) is 48.1 Å². The van der Waals surface area contributed by atoms with Gasteiger partial charge in [0.1, 0.15) is 0 Å². The van der Waals surface area contributed by atoms with Crippen molar-refractivity contribution < 1.29 is 9.53 Å². The van der Waals surface area contributed by atoms with E-state index in [9.17, 15) is 9.59 Å². The van der Waals surface area contributed by atoms with E-state index >= 15 is 0 Å². The lowest BCUT2D eigenvalue weighted by Crippen LogP contribution is -2.40. The fourth-order valence-corrected chi connectivity index (χ4v) is 6.95. The van der Waals surface area contributed by atoms with Gasteiger partial charge in [-0.1, -0.05) is 111 Å². The van der Waals surface area contributed by atoms with Gasteiger partial charge in [-0.15, -0.1) is 0 Å². The lowest BCUT2D eigenvalue weighted by molar-refractivity contribution is -0.139. The highest BCUT2D eigenvalue weighted by atomic mass is 32.1. The summed E-state index contributed by atoms with van der Waals surface area (Å²) in [6.45, 7) is 9.15. The lowest BCUT2D eigenvalue weighted by Gasteiger charge is -2.26. The Kier molecular flexibility index (Phi) is 8.49. The minimum atomic E-state index is -0.616. The Hall–Kier alpha value is -4.49. The predicted octanol–water partition coefficient (Wildman–Crippen LogP) is 6.70. The van der Waals surface area contributed by atoms with Gasteiger partial charge < -0.3 is 9.30 Å². The van der Waals surface area contributed by atoms with E-state index in [4.69, 9.17) is 9.73 Å². The first-order chi connectivity index (χ1) is 21.4. The van der Waals surface area contributed by atoms with Crippen molar-refractivity contribution in [1.29, 1.82) is 0 Å². The van der Waals surface area contributed by atoms with Crippen LogP contribution in [0.5, 0.6) is 0 Å². The second-order valence-corrected chi connectivity index (χ2v) is 12.5. The molecule has 1 aliphatic heterocycles. The van der Waals surface area contributed by atoms with E-state index in [0.29, 0.717) is 32.9 Å². The summed E-state index contributed by atoms with van der Waals surface area (Å²) >= 11 is 1.37. The van der Waals surface area contributed by atoms with Gasteiger partial charge in [0, 0.05) is 29.2 Å². The van der Waals surface area contributed by atoms with Gasteiger partial charge in [0.05, 0.1) is 28.5 Å². The smallest absolute Gasteiger partial charge is 0.338 e. The number of para-hydroxylation sites is 1. The molecule has 0 aliphatic carbocycles. The van der Waals surface area contributed by atoms with Gasteiger partial charge in [-0.3, -0.25) is 9.36 Å². The molecule has 0 spiro atoms. The molecule has 6 rings (SSSR count). The molecule has 0 amide bonds. The Balaban J connectivity index is 1.54. The molecule has 7 heteroatoms. The average molecular weight is 604 g/mol. The molecule has 1 atom stereocenters. The Morgan fingerprint density at radius 3 is 2.43 bits per heavy atom. The van der Waals surface area contributed by atoms with Crippen LogP contribution in [0.25, 0.3) is 17.0 Å². The number of aromatic nitrogens is 2. The second kappa shape index (κ2) is 12.6. The van der Waals surface area contributed by atoms with Crippen LogP contribution >= 0.6 is 11.3 Å². The first-order valence-corrected chi connectivity index (χ1v) is 16.1. The van der Waals surface area contributed by atoms with Crippen molar-refractivity contribution in [3.8, 4) is 0 Å². The molecule has 0 radical (unpaired) electrons. The Labute approximate surface area is 261 Å². The van der Waals surface area contributed by atoms with Crippen LogP contribution in [0.1, 0.15) is 74.8 Å². The minimum Gasteiger partial charge on any atom is -0.463 e. The molecule has 0 saturated carbocycles. The number of hydrogen-bond donors (Lipinski definition) is 0. The number of esters is 1. The maximum atomic E-state index is 14.3. The van der Waals surface area contributed by atoms with E-state index in [1.54, 1.807) is 11.5 Å². The molecular weight excluding hydrogens is 566 g/mol.